The van der Waals surface area contributed by atoms with Crippen LogP contribution in [0.2, 0.25) is 0 Å². The molecule has 0 spiro atoms. The number of hydrogen-bond donors (Lipinski definition) is 2. The zero-order valence-electron chi connectivity index (χ0n) is 8.89. The van der Waals surface area contributed by atoms with E-state index in [2.05, 4.69) is 15.5 Å². The average molecular weight is 206 g/mol. The van der Waals surface area contributed by atoms with Gasteiger partial charge in [0.15, 0.2) is 0 Å². The summed E-state index contributed by atoms with van der Waals surface area (Å²) < 4.78 is 0. The molecule has 4 nitrogen and oxygen atoms in total. The summed E-state index contributed by atoms with van der Waals surface area (Å²) in [7, 11) is 0. The molecule has 1 aromatic heterocycles. The van der Waals surface area contributed by atoms with Gasteiger partial charge in [0.1, 0.15) is 0 Å². The number of aromatic nitrogens is 2. The minimum absolute atomic E-state index is 0.567. The van der Waals surface area contributed by atoms with Crippen molar-refractivity contribution in [2.24, 2.45) is 11.7 Å². The van der Waals surface area contributed by atoms with Gasteiger partial charge in [-0.25, -0.2) is 0 Å². The first-order valence-electron chi connectivity index (χ1n) is 5.60. The molecule has 1 aromatic rings. The molecule has 3 N–H and O–H groups in total. The minimum Gasteiger partial charge on any atom is -0.330 e. The third kappa shape index (κ3) is 2.73. The summed E-state index contributed by atoms with van der Waals surface area (Å²) in [4.78, 5) is 0. The lowest BCUT2D eigenvalue weighted by atomic mass is 10.0. The molecule has 1 aliphatic rings. The Morgan fingerprint density at radius 3 is 3.13 bits per heavy atom. The highest BCUT2D eigenvalue weighted by Gasteiger charge is 2.25. The number of hydrogen-bond acceptors (Lipinski definition) is 4. The molecule has 0 radical (unpaired) electrons. The van der Waals surface area contributed by atoms with Crippen LogP contribution in [0.3, 0.4) is 0 Å². The Balaban J connectivity index is 1.83. The van der Waals surface area contributed by atoms with E-state index in [1.165, 1.54) is 19.3 Å². The van der Waals surface area contributed by atoms with Crippen molar-refractivity contribution in [2.75, 3.05) is 6.54 Å². The van der Waals surface area contributed by atoms with Crippen molar-refractivity contribution in [3.63, 3.8) is 0 Å². The maximum Gasteiger partial charge on any atom is 0.0769 e. The van der Waals surface area contributed by atoms with Gasteiger partial charge in [-0.05, 0) is 37.4 Å². The average Bonchev–Trinajstić information content (AvgIpc) is 2.75. The van der Waals surface area contributed by atoms with E-state index in [1.807, 2.05) is 12.1 Å². The fraction of sp³-hybridized carbons (Fsp3) is 0.636. The molecule has 0 amide bonds. The van der Waals surface area contributed by atoms with Gasteiger partial charge < -0.3 is 11.1 Å². The largest absolute Gasteiger partial charge is 0.330 e. The minimum atomic E-state index is 0.567. The van der Waals surface area contributed by atoms with Gasteiger partial charge in [0, 0.05) is 18.8 Å². The van der Waals surface area contributed by atoms with E-state index in [9.17, 15) is 0 Å². The highest BCUT2D eigenvalue weighted by Crippen LogP contribution is 2.24. The Hall–Kier alpha value is -1.00. The van der Waals surface area contributed by atoms with Crippen molar-refractivity contribution in [1.82, 2.24) is 15.5 Å². The Kier molecular flexibility index (Phi) is 3.64. The first kappa shape index (κ1) is 10.5. The van der Waals surface area contributed by atoms with E-state index < -0.39 is 0 Å². The summed E-state index contributed by atoms with van der Waals surface area (Å²) in [5.41, 5.74) is 6.73. The quantitative estimate of drug-likeness (QED) is 0.761. The van der Waals surface area contributed by atoms with Crippen LogP contribution >= 0.6 is 0 Å². The van der Waals surface area contributed by atoms with Gasteiger partial charge in [-0.15, -0.1) is 0 Å². The van der Waals surface area contributed by atoms with Gasteiger partial charge in [0.2, 0.25) is 0 Å². The van der Waals surface area contributed by atoms with Crippen LogP contribution in [0.15, 0.2) is 18.3 Å². The van der Waals surface area contributed by atoms with E-state index in [0.29, 0.717) is 12.0 Å². The molecule has 1 aliphatic carbocycles. The molecule has 2 unspecified atom stereocenters. The Bertz CT molecular complexity index is 288. The number of nitrogens with one attached hydrogen (secondary N) is 1. The highest BCUT2D eigenvalue weighted by molar-refractivity contribution is 4.99. The van der Waals surface area contributed by atoms with Gasteiger partial charge in [0.05, 0.1) is 5.69 Å². The van der Waals surface area contributed by atoms with Crippen molar-refractivity contribution >= 4 is 0 Å². The summed E-state index contributed by atoms with van der Waals surface area (Å²) in [6.07, 6.45) is 5.48. The number of nitrogens with zero attached hydrogens (tertiary/aromatic N) is 2. The van der Waals surface area contributed by atoms with Crippen LogP contribution in [0, 0.1) is 5.92 Å². The molecule has 0 aromatic carbocycles. The fourth-order valence-electron chi connectivity index (χ4n) is 2.25. The lowest BCUT2D eigenvalue weighted by molar-refractivity contribution is 0.404. The van der Waals surface area contributed by atoms with E-state index in [0.717, 1.165) is 18.8 Å². The van der Waals surface area contributed by atoms with Gasteiger partial charge in [-0.3, -0.25) is 0 Å². The van der Waals surface area contributed by atoms with E-state index >= 15 is 0 Å². The topological polar surface area (TPSA) is 63.8 Å². The third-order valence-corrected chi connectivity index (χ3v) is 3.13. The van der Waals surface area contributed by atoms with Crippen molar-refractivity contribution < 1.29 is 0 Å². The third-order valence-electron chi connectivity index (χ3n) is 3.13. The maximum atomic E-state index is 5.73. The first-order valence-corrected chi connectivity index (χ1v) is 5.60. The summed E-state index contributed by atoms with van der Waals surface area (Å²) in [6.45, 7) is 1.59. The summed E-state index contributed by atoms with van der Waals surface area (Å²) in [5.74, 6) is 0.640. The van der Waals surface area contributed by atoms with E-state index in [4.69, 9.17) is 5.73 Å². The molecule has 4 heteroatoms. The Morgan fingerprint density at radius 2 is 2.40 bits per heavy atom. The van der Waals surface area contributed by atoms with Crippen LogP contribution in [0.25, 0.3) is 0 Å². The number of rotatable bonds is 4. The molecule has 1 fully saturated rings. The zero-order valence-corrected chi connectivity index (χ0v) is 8.89. The molecular weight excluding hydrogens is 188 g/mol. The molecular formula is C11H18N4. The fourth-order valence-corrected chi connectivity index (χ4v) is 2.25. The molecule has 1 heterocycles. The van der Waals surface area contributed by atoms with Crippen LogP contribution in [0.5, 0.6) is 0 Å². The van der Waals surface area contributed by atoms with Gasteiger partial charge >= 0.3 is 0 Å². The highest BCUT2D eigenvalue weighted by atomic mass is 15.1. The molecule has 1 saturated carbocycles. The van der Waals surface area contributed by atoms with E-state index in [-0.39, 0.29) is 0 Å². The van der Waals surface area contributed by atoms with Crippen LogP contribution in [0.4, 0.5) is 0 Å². The van der Waals surface area contributed by atoms with E-state index in [1.54, 1.807) is 6.20 Å². The predicted molar refractivity (Wildman–Crippen MR) is 59.1 cm³/mol. The van der Waals surface area contributed by atoms with Crippen LogP contribution in [-0.4, -0.2) is 22.8 Å². The molecule has 0 aliphatic heterocycles. The second kappa shape index (κ2) is 5.19. The molecule has 15 heavy (non-hydrogen) atoms. The van der Waals surface area contributed by atoms with Gasteiger partial charge in [0.25, 0.3) is 0 Å². The summed E-state index contributed by atoms with van der Waals surface area (Å²) in [6, 6.07) is 4.47. The van der Waals surface area contributed by atoms with Crippen LogP contribution in [-0.2, 0) is 6.54 Å². The van der Waals surface area contributed by atoms with Gasteiger partial charge in [-0.1, -0.05) is 6.42 Å². The maximum absolute atomic E-state index is 5.73. The standard InChI is InChI=1S/C11H18N4/c12-7-9-3-1-5-11(9)13-8-10-4-2-6-14-15-10/h2,4,6,9,11,13H,1,3,5,7-8,12H2. The van der Waals surface area contributed by atoms with Crippen molar-refractivity contribution in [3.8, 4) is 0 Å². The summed E-state index contributed by atoms with van der Waals surface area (Å²) >= 11 is 0. The second-order valence-electron chi connectivity index (χ2n) is 4.13. The SMILES string of the molecule is NCC1CCCC1NCc1cccnn1. The van der Waals surface area contributed by atoms with Crippen molar-refractivity contribution in [2.45, 2.75) is 31.8 Å². The summed E-state index contributed by atoms with van der Waals surface area (Å²) in [5, 5.41) is 11.4. The molecule has 0 bridgehead atoms. The second-order valence-corrected chi connectivity index (χ2v) is 4.13. The predicted octanol–water partition coefficient (Wildman–Crippen LogP) is 0.694. The molecule has 2 rings (SSSR count). The normalized spacial score (nSPS) is 25.7. The van der Waals surface area contributed by atoms with Crippen molar-refractivity contribution in [3.05, 3.63) is 24.0 Å². The van der Waals surface area contributed by atoms with Gasteiger partial charge in [-0.2, -0.15) is 10.2 Å². The van der Waals surface area contributed by atoms with Crippen molar-refractivity contribution in [1.29, 1.82) is 0 Å². The Morgan fingerprint density at radius 1 is 1.47 bits per heavy atom. The first-order chi connectivity index (χ1) is 7.40. The molecule has 82 valence electrons. The van der Waals surface area contributed by atoms with Crippen LogP contribution in [0.1, 0.15) is 25.0 Å². The monoisotopic (exact) mass is 206 g/mol. The number of nitrogens with two attached hydrogens (primary N) is 1. The Labute approximate surface area is 90.3 Å². The lowest BCUT2D eigenvalue weighted by Crippen LogP contribution is -2.35. The smallest absolute Gasteiger partial charge is 0.0769 e. The zero-order chi connectivity index (χ0) is 10.5. The molecule has 0 saturated heterocycles. The lowest BCUT2D eigenvalue weighted by Gasteiger charge is -2.18. The molecule has 2 atom stereocenters. The van der Waals surface area contributed by atoms with Crippen LogP contribution < -0.4 is 11.1 Å².